The number of amides is 3. The van der Waals surface area contributed by atoms with Gasteiger partial charge >= 0.3 is 0 Å². The SMILES string of the molecule is Cc1ncsc1-c1ccc(CNC(=O)[C@@H]2[C@@H](F)[C@@H](O)CN2C(=O)[C@@H](NC(=O)C2(F)CC2)C(C)C)c(CC(C)(C)C)c1. The summed E-state index contributed by atoms with van der Waals surface area (Å²) in [7, 11) is 0. The molecule has 1 aliphatic heterocycles. The first-order valence-corrected chi connectivity index (χ1v) is 14.9. The van der Waals surface area contributed by atoms with Crippen LogP contribution in [0.4, 0.5) is 8.78 Å². The zero-order valence-electron chi connectivity index (χ0n) is 24.5. The van der Waals surface area contributed by atoms with E-state index in [1.54, 1.807) is 30.7 Å². The van der Waals surface area contributed by atoms with Gasteiger partial charge in [-0.3, -0.25) is 14.4 Å². The van der Waals surface area contributed by atoms with Crippen LogP contribution in [0.2, 0.25) is 0 Å². The van der Waals surface area contributed by atoms with Crippen molar-refractivity contribution in [3.63, 3.8) is 0 Å². The first-order chi connectivity index (χ1) is 19.1. The van der Waals surface area contributed by atoms with E-state index in [9.17, 15) is 23.9 Å². The van der Waals surface area contributed by atoms with Gasteiger partial charge in [0.2, 0.25) is 11.8 Å². The summed E-state index contributed by atoms with van der Waals surface area (Å²) in [5, 5.41) is 15.5. The van der Waals surface area contributed by atoms with E-state index in [0.717, 1.165) is 38.6 Å². The number of alkyl halides is 2. The second kappa shape index (κ2) is 11.8. The van der Waals surface area contributed by atoms with Crippen LogP contribution < -0.4 is 10.6 Å². The van der Waals surface area contributed by atoms with E-state index < -0.39 is 60.2 Å². The highest BCUT2D eigenvalue weighted by molar-refractivity contribution is 7.13. The molecular formula is C30H40F2N4O4S. The largest absolute Gasteiger partial charge is 0.388 e. The molecule has 8 nitrogen and oxygen atoms in total. The number of hydrogen-bond acceptors (Lipinski definition) is 6. The molecule has 2 heterocycles. The summed E-state index contributed by atoms with van der Waals surface area (Å²) in [4.78, 5) is 45.6. The van der Waals surface area contributed by atoms with Gasteiger partial charge in [0.15, 0.2) is 11.8 Å². The lowest BCUT2D eigenvalue weighted by Crippen LogP contribution is -2.57. The number of benzene rings is 1. The maximum Gasteiger partial charge on any atom is 0.258 e. The molecular weight excluding hydrogens is 550 g/mol. The number of rotatable bonds is 9. The molecule has 2 aliphatic rings. The number of hydrogen-bond donors (Lipinski definition) is 3. The van der Waals surface area contributed by atoms with Crippen molar-refractivity contribution < 1.29 is 28.3 Å². The van der Waals surface area contributed by atoms with Crippen molar-refractivity contribution in [3.05, 3.63) is 40.5 Å². The van der Waals surface area contributed by atoms with Crippen LogP contribution in [0.3, 0.4) is 0 Å². The quantitative estimate of drug-likeness (QED) is 0.411. The fourth-order valence-electron chi connectivity index (χ4n) is 5.15. The standard InChI is InChI=1S/C30H40F2N4O4S/c1-16(2)23(35-28(40)30(32)9-10-30)27(39)36-14-21(37)22(31)24(36)26(38)33-13-19-8-7-18(25-17(3)34-15-41-25)11-20(19)12-29(4,5)6/h7-8,11,15-16,21-24,37H,9-10,12-14H2,1-6H3,(H,33,38)(H,35,40)/t21-,22-,23-,24-/m0/s1. The number of halogens is 2. The summed E-state index contributed by atoms with van der Waals surface area (Å²) in [5.41, 5.74) is 3.62. The van der Waals surface area contributed by atoms with Gasteiger partial charge in [-0.15, -0.1) is 11.3 Å². The lowest BCUT2D eigenvalue weighted by atomic mass is 9.85. The molecule has 4 rings (SSSR count). The predicted octanol–water partition coefficient (Wildman–Crippen LogP) is 3.88. The number of carbonyl (C=O) groups is 3. The van der Waals surface area contributed by atoms with Gasteiger partial charge in [0, 0.05) is 6.54 Å². The first-order valence-electron chi connectivity index (χ1n) is 14.0. The topological polar surface area (TPSA) is 112 Å². The molecule has 41 heavy (non-hydrogen) atoms. The summed E-state index contributed by atoms with van der Waals surface area (Å²) < 4.78 is 29.5. The minimum Gasteiger partial charge on any atom is -0.388 e. The Balaban J connectivity index is 1.53. The number of nitrogens with one attached hydrogen (secondary N) is 2. The molecule has 0 bridgehead atoms. The number of aryl methyl sites for hydroxylation is 1. The number of nitrogens with zero attached hydrogens (tertiary/aromatic N) is 2. The maximum absolute atomic E-state index is 15.2. The Morgan fingerprint density at radius 2 is 1.90 bits per heavy atom. The lowest BCUT2D eigenvalue weighted by Gasteiger charge is -2.31. The van der Waals surface area contributed by atoms with Crippen molar-refractivity contribution in [1.82, 2.24) is 20.5 Å². The van der Waals surface area contributed by atoms with E-state index in [1.807, 2.05) is 19.1 Å². The minimum absolute atomic E-state index is 0.0438. The van der Waals surface area contributed by atoms with Crippen LogP contribution in [-0.4, -0.2) is 69.3 Å². The minimum atomic E-state index is -2.01. The van der Waals surface area contributed by atoms with E-state index in [-0.39, 0.29) is 24.8 Å². The Morgan fingerprint density at radius 1 is 1.22 bits per heavy atom. The highest BCUT2D eigenvalue weighted by atomic mass is 32.1. The van der Waals surface area contributed by atoms with E-state index in [2.05, 4.69) is 42.5 Å². The van der Waals surface area contributed by atoms with Gasteiger partial charge < -0.3 is 20.6 Å². The monoisotopic (exact) mass is 590 g/mol. The van der Waals surface area contributed by atoms with Gasteiger partial charge in [-0.1, -0.05) is 46.8 Å². The number of aliphatic hydroxyl groups excluding tert-OH is 1. The molecule has 0 unspecified atom stereocenters. The molecule has 2 fully saturated rings. The molecule has 0 spiro atoms. The van der Waals surface area contributed by atoms with Crippen molar-refractivity contribution in [2.24, 2.45) is 11.3 Å². The highest BCUT2D eigenvalue weighted by Crippen LogP contribution is 2.40. The molecule has 2 aromatic rings. The summed E-state index contributed by atoms with van der Waals surface area (Å²) in [6.45, 7) is 11.3. The van der Waals surface area contributed by atoms with Crippen molar-refractivity contribution in [1.29, 1.82) is 0 Å². The van der Waals surface area contributed by atoms with Crippen LogP contribution in [0.25, 0.3) is 10.4 Å². The number of aliphatic hydroxyl groups is 1. The Labute approximate surface area is 243 Å². The van der Waals surface area contributed by atoms with E-state index >= 15 is 4.39 Å². The van der Waals surface area contributed by atoms with Crippen molar-refractivity contribution in [2.45, 2.75) is 97.4 Å². The van der Waals surface area contributed by atoms with Crippen LogP contribution in [0, 0.1) is 18.3 Å². The molecule has 11 heteroatoms. The second-order valence-electron chi connectivity index (χ2n) is 12.8. The molecule has 3 N–H and O–H groups in total. The lowest BCUT2D eigenvalue weighted by molar-refractivity contribution is -0.144. The number of aromatic nitrogens is 1. The zero-order valence-corrected chi connectivity index (χ0v) is 25.3. The Kier molecular flexibility index (Phi) is 8.90. The second-order valence-corrected chi connectivity index (χ2v) is 13.7. The molecule has 1 aromatic carbocycles. The Morgan fingerprint density at radius 3 is 2.46 bits per heavy atom. The van der Waals surface area contributed by atoms with Gasteiger partial charge in [0.05, 0.1) is 22.6 Å². The molecule has 0 radical (unpaired) electrons. The van der Waals surface area contributed by atoms with E-state index in [4.69, 9.17) is 0 Å². The average Bonchev–Trinajstić information content (AvgIpc) is 3.38. The van der Waals surface area contributed by atoms with Crippen LogP contribution in [-0.2, 0) is 27.3 Å². The third kappa shape index (κ3) is 6.94. The van der Waals surface area contributed by atoms with E-state index in [0.29, 0.717) is 0 Å². The van der Waals surface area contributed by atoms with Crippen molar-refractivity contribution in [2.75, 3.05) is 6.54 Å². The van der Waals surface area contributed by atoms with Gasteiger partial charge in [0.1, 0.15) is 18.2 Å². The van der Waals surface area contributed by atoms with Gasteiger partial charge in [0.25, 0.3) is 5.91 Å². The van der Waals surface area contributed by atoms with Crippen LogP contribution in [0.5, 0.6) is 0 Å². The van der Waals surface area contributed by atoms with Crippen molar-refractivity contribution >= 4 is 29.1 Å². The fraction of sp³-hybridized carbons (Fsp3) is 0.600. The third-order valence-corrected chi connectivity index (χ3v) is 8.62. The molecule has 1 aromatic heterocycles. The third-order valence-electron chi connectivity index (χ3n) is 7.64. The Bertz CT molecular complexity index is 1300. The summed E-state index contributed by atoms with van der Waals surface area (Å²) in [6, 6.07) is 3.25. The number of thiazole rings is 1. The fourth-order valence-corrected chi connectivity index (χ4v) is 5.95. The summed E-state index contributed by atoms with van der Waals surface area (Å²) in [5.74, 6) is -2.81. The normalized spacial score (nSPS) is 22.5. The van der Waals surface area contributed by atoms with E-state index in [1.165, 1.54) is 0 Å². The number of β-amino-alcohol motifs (C(OH)–C–C–N with tert-alkyl or cyclic N) is 1. The predicted molar refractivity (Wildman–Crippen MR) is 154 cm³/mol. The van der Waals surface area contributed by atoms with Crippen LogP contribution in [0.15, 0.2) is 23.7 Å². The summed E-state index contributed by atoms with van der Waals surface area (Å²) in [6.07, 6.45) is -2.68. The van der Waals surface area contributed by atoms with Gasteiger partial charge in [-0.2, -0.15) is 0 Å². The zero-order chi connectivity index (χ0) is 30.3. The highest BCUT2D eigenvalue weighted by Gasteiger charge is 2.53. The average molecular weight is 591 g/mol. The van der Waals surface area contributed by atoms with Crippen molar-refractivity contribution in [3.8, 4) is 10.4 Å². The summed E-state index contributed by atoms with van der Waals surface area (Å²) >= 11 is 1.56. The van der Waals surface area contributed by atoms with Crippen LogP contribution in [0.1, 0.15) is 64.3 Å². The molecule has 1 aliphatic carbocycles. The molecule has 1 saturated heterocycles. The molecule has 1 saturated carbocycles. The number of likely N-dealkylation sites (tertiary alicyclic amines) is 1. The van der Waals surface area contributed by atoms with Crippen LogP contribution >= 0.6 is 11.3 Å². The molecule has 3 amide bonds. The maximum atomic E-state index is 15.2. The van der Waals surface area contributed by atoms with Gasteiger partial charge in [-0.05, 0) is 60.3 Å². The molecule has 4 atom stereocenters. The smallest absolute Gasteiger partial charge is 0.258 e. The first kappa shape index (κ1) is 31.0. The number of carbonyl (C=O) groups excluding carboxylic acids is 3. The Hall–Kier alpha value is -2.92. The van der Waals surface area contributed by atoms with Gasteiger partial charge in [-0.25, -0.2) is 13.8 Å². The molecule has 224 valence electrons.